The smallest absolute Gasteiger partial charge is 0.0635 e. The second-order valence-electron chi connectivity index (χ2n) is 12.3. The van der Waals surface area contributed by atoms with Gasteiger partial charge in [0.1, 0.15) is 0 Å². The van der Waals surface area contributed by atoms with E-state index in [9.17, 15) is 0 Å². The molecule has 0 saturated heterocycles. The van der Waals surface area contributed by atoms with Gasteiger partial charge in [-0.05, 0) is 71.8 Å². The molecule has 0 bridgehead atoms. The molecule has 3 heterocycles. The van der Waals surface area contributed by atoms with E-state index in [2.05, 4.69) is 180 Å². The minimum absolute atomic E-state index is 0.0828. The molecule has 6 aromatic carbocycles. The van der Waals surface area contributed by atoms with E-state index in [1.165, 1.54) is 60.9 Å². The number of hydrogen-bond acceptors (Lipinski definition) is 1. The van der Waals surface area contributed by atoms with Crippen molar-refractivity contribution >= 4 is 49.8 Å². The van der Waals surface area contributed by atoms with Gasteiger partial charge in [-0.1, -0.05) is 98.8 Å². The van der Waals surface area contributed by atoms with Crippen molar-refractivity contribution in [3.8, 4) is 11.4 Å². The summed E-state index contributed by atoms with van der Waals surface area (Å²) in [4.78, 5) is 2.43. The summed E-state index contributed by atoms with van der Waals surface area (Å²) < 4.78 is 4.74. The first kappa shape index (κ1) is 25.0. The number of nitrogens with zero attached hydrogens (tertiary/aromatic N) is 3. The van der Waals surface area contributed by atoms with Crippen molar-refractivity contribution in [3.63, 3.8) is 0 Å². The lowest BCUT2D eigenvalue weighted by atomic mass is 9.73. The molecule has 1 aliphatic rings. The van der Waals surface area contributed by atoms with E-state index in [0.29, 0.717) is 0 Å². The average Bonchev–Trinajstić information content (AvgIpc) is 3.65. The Morgan fingerprint density at radius 2 is 1.09 bits per heavy atom. The Kier molecular flexibility index (Phi) is 5.24. The van der Waals surface area contributed by atoms with Gasteiger partial charge >= 0.3 is 0 Å². The lowest BCUT2D eigenvalue weighted by Gasteiger charge is -2.42. The van der Waals surface area contributed by atoms with Crippen LogP contribution in [-0.4, -0.2) is 9.13 Å². The Bertz CT molecular complexity index is 2320. The van der Waals surface area contributed by atoms with Gasteiger partial charge in [0.25, 0.3) is 0 Å². The summed E-state index contributed by atoms with van der Waals surface area (Å²) in [5.74, 6) is 0. The third-order valence-corrected chi connectivity index (χ3v) is 9.52. The highest BCUT2D eigenvalue weighted by Gasteiger charge is 2.36. The molecule has 9 rings (SSSR count). The van der Waals surface area contributed by atoms with Crippen molar-refractivity contribution in [2.24, 2.45) is 0 Å². The topological polar surface area (TPSA) is 13.1 Å². The molecule has 8 aromatic rings. The molecule has 0 N–H and O–H groups in total. The molecular weight excluding hydrogens is 534 g/mol. The first-order valence-electron chi connectivity index (χ1n) is 15.3. The zero-order valence-electron chi connectivity index (χ0n) is 24.8. The van der Waals surface area contributed by atoms with E-state index in [1.807, 2.05) is 0 Å². The lowest BCUT2D eigenvalue weighted by molar-refractivity contribution is 0.632. The van der Waals surface area contributed by atoms with Gasteiger partial charge in [-0.15, -0.1) is 0 Å². The Morgan fingerprint density at radius 1 is 0.455 bits per heavy atom. The van der Waals surface area contributed by atoms with Crippen molar-refractivity contribution in [1.29, 1.82) is 0 Å². The molecular formula is C41H31N3. The van der Waals surface area contributed by atoms with Gasteiger partial charge < -0.3 is 14.0 Å². The number of hydrogen-bond donors (Lipinski definition) is 0. The molecule has 3 nitrogen and oxygen atoms in total. The fourth-order valence-electron chi connectivity index (χ4n) is 7.48. The molecule has 0 saturated carbocycles. The molecule has 3 heteroatoms. The predicted molar refractivity (Wildman–Crippen MR) is 184 cm³/mol. The Labute approximate surface area is 256 Å². The van der Waals surface area contributed by atoms with E-state index < -0.39 is 0 Å². The summed E-state index contributed by atoms with van der Waals surface area (Å²) >= 11 is 0. The monoisotopic (exact) mass is 565 g/mol. The Hall–Kier alpha value is -5.54. The van der Waals surface area contributed by atoms with E-state index in [0.717, 1.165) is 11.4 Å². The molecule has 0 aliphatic carbocycles. The van der Waals surface area contributed by atoms with Crippen LogP contribution in [0.4, 0.5) is 17.1 Å². The number of para-hydroxylation sites is 4. The summed E-state index contributed by atoms with van der Waals surface area (Å²) in [6.07, 6.45) is 2.22. The fourth-order valence-corrected chi connectivity index (χ4v) is 7.48. The van der Waals surface area contributed by atoms with Crippen LogP contribution in [0.15, 0.2) is 152 Å². The van der Waals surface area contributed by atoms with Crippen LogP contribution in [0.25, 0.3) is 44.1 Å². The van der Waals surface area contributed by atoms with Crippen LogP contribution in [0.2, 0.25) is 0 Å². The van der Waals surface area contributed by atoms with E-state index in [4.69, 9.17) is 0 Å². The van der Waals surface area contributed by atoms with Crippen molar-refractivity contribution < 1.29 is 0 Å². The van der Waals surface area contributed by atoms with Crippen LogP contribution < -0.4 is 4.90 Å². The van der Waals surface area contributed by atoms with Crippen molar-refractivity contribution in [1.82, 2.24) is 9.13 Å². The van der Waals surface area contributed by atoms with Gasteiger partial charge in [0.2, 0.25) is 0 Å². The van der Waals surface area contributed by atoms with Crippen LogP contribution in [-0.2, 0) is 5.41 Å². The molecule has 0 unspecified atom stereocenters. The highest BCUT2D eigenvalue weighted by Crippen LogP contribution is 2.51. The van der Waals surface area contributed by atoms with Crippen LogP contribution in [0, 0.1) is 0 Å². The van der Waals surface area contributed by atoms with Crippen LogP contribution >= 0.6 is 0 Å². The Balaban J connectivity index is 1.25. The first-order valence-corrected chi connectivity index (χ1v) is 15.3. The van der Waals surface area contributed by atoms with Gasteiger partial charge in [-0.25, -0.2) is 0 Å². The third kappa shape index (κ3) is 3.44. The SMILES string of the molecule is CC1(C)c2ccccc2N(c2cccc(-n3ccc4c3ccc3c5ccccc5n(-c5ccccc5)c34)c2)c2ccccc21. The highest BCUT2D eigenvalue weighted by molar-refractivity contribution is 6.18. The average molecular weight is 566 g/mol. The minimum Gasteiger partial charge on any atom is -0.316 e. The maximum Gasteiger partial charge on any atom is 0.0635 e. The minimum atomic E-state index is -0.0828. The number of rotatable bonds is 3. The predicted octanol–water partition coefficient (Wildman–Crippen LogP) is 10.8. The highest BCUT2D eigenvalue weighted by atomic mass is 15.2. The van der Waals surface area contributed by atoms with Gasteiger partial charge in [-0.3, -0.25) is 0 Å². The molecule has 2 aromatic heterocycles. The zero-order valence-corrected chi connectivity index (χ0v) is 24.8. The third-order valence-electron chi connectivity index (χ3n) is 9.52. The lowest BCUT2D eigenvalue weighted by Crippen LogP contribution is -2.30. The molecule has 0 radical (unpaired) electrons. The van der Waals surface area contributed by atoms with Crippen molar-refractivity contribution in [2.75, 3.05) is 4.90 Å². The van der Waals surface area contributed by atoms with Crippen LogP contribution in [0.3, 0.4) is 0 Å². The summed E-state index contributed by atoms with van der Waals surface area (Å²) in [6, 6.07) is 52.9. The maximum atomic E-state index is 2.43. The standard InChI is InChI=1S/C41H31N3/c1-41(2)34-18-7-10-21-38(34)43(39-22-11-8-19-35(39)41)30-16-12-15-29(27-30)42-26-25-33-36(42)24-23-32-31-17-6-9-20-37(31)44(40(32)33)28-13-4-3-5-14-28/h3-27H,1-2H3. The summed E-state index contributed by atoms with van der Waals surface area (Å²) in [6.45, 7) is 4.67. The second kappa shape index (κ2) is 9.23. The molecule has 0 fully saturated rings. The number of benzene rings is 6. The van der Waals surface area contributed by atoms with Gasteiger partial charge in [0, 0.05) is 44.8 Å². The molecule has 0 amide bonds. The Morgan fingerprint density at radius 3 is 1.86 bits per heavy atom. The number of anilines is 3. The zero-order chi connectivity index (χ0) is 29.4. The largest absolute Gasteiger partial charge is 0.316 e. The summed E-state index contributed by atoms with van der Waals surface area (Å²) in [5, 5.41) is 3.78. The number of fused-ring (bicyclic) bond motifs is 7. The van der Waals surface area contributed by atoms with E-state index >= 15 is 0 Å². The summed E-state index contributed by atoms with van der Waals surface area (Å²) in [5.41, 5.74) is 12.2. The maximum absolute atomic E-state index is 2.43. The quantitative estimate of drug-likeness (QED) is 0.208. The van der Waals surface area contributed by atoms with E-state index in [1.54, 1.807) is 0 Å². The molecule has 210 valence electrons. The van der Waals surface area contributed by atoms with E-state index in [-0.39, 0.29) is 5.41 Å². The van der Waals surface area contributed by atoms with Crippen molar-refractivity contribution in [2.45, 2.75) is 19.3 Å². The van der Waals surface area contributed by atoms with Crippen LogP contribution in [0.1, 0.15) is 25.0 Å². The fraction of sp³-hybridized carbons (Fsp3) is 0.0732. The molecule has 0 atom stereocenters. The molecule has 1 aliphatic heterocycles. The molecule has 0 spiro atoms. The molecule has 44 heavy (non-hydrogen) atoms. The normalized spacial score (nSPS) is 13.8. The first-order chi connectivity index (χ1) is 21.6. The summed E-state index contributed by atoms with van der Waals surface area (Å²) in [7, 11) is 0. The van der Waals surface area contributed by atoms with Crippen LogP contribution in [0.5, 0.6) is 0 Å². The van der Waals surface area contributed by atoms with Crippen molar-refractivity contribution in [3.05, 3.63) is 163 Å². The number of aromatic nitrogens is 2. The second-order valence-corrected chi connectivity index (χ2v) is 12.3. The van der Waals surface area contributed by atoms with Gasteiger partial charge in [-0.2, -0.15) is 0 Å². The van der Waals surface area contributed by atoms with Gasteiger partial charge in [0.15, 0.2) is 0 Å². The van der Waals surface area contributed by atoms with Gasteiger partial charge in [0.05, 0.1) is 27.9 Å².